The lowest BCUT2D eigenvalue weighted by molar-refractivity contribution is 0.0952. The highest BCUT2D eigenvalue weighted by atomic mass is 35.5. The number of phenols is 2. The number of hydrazone groups is 1. The Kier molecular flexibility index (Phi) is 4.35. The highest BCUT2D eigenvalue weighted by Crippen LogP contribution is 2.25. The molecule has 0 heterocycles. The normalized spacial score (nSPS) is 11.0. The van der Waals surface area contributed by atoms with Crippen molar-refractivity contribution in [1.29, 1.82) is 0 Å². The average molecular weight is 341 g/mol. The summed E-state index contributed by atoms with van der Waals surface area (Å²) in [6.45, 7) is 0. The van der Waals surface area contributed by atoms with Gasteiger partial charge in [0.2, 0.25) is 0 Å². The molecule has 0 aliphatic carbocycles. The van der Waals surface area contributed by atoms with Crippen LogP contribution in [-0.2, 0) is 0 Å². The molecule has 0 aliphatic heterocycles. The van der Waals surface area contributed by atoms with E-state index in [4.69, 9.17) is 11.6 Å². The Hall–Kier alpha value is -3.05. The number of nitrogens with one attached hydrogen (secondary N) is 1. The summed E-state index contributed by atoms with van der Waals surface area (Å²) in [5.41, 5.74) is 2.79. The Labute approximate surface area is 142 Å². The first-order chi connectivity index (χ1) is 11.5. The number of halogens is 1. The van der Waals surface area contributed by atoms with Gasteiger partial charge < -0.3 is 10.2 Å². The van der Waals surface area contributed by atoms with Crippen LogP contribution < -0.4 is 5.43 Å². The van der Waals surface area contributed by atoms with Gasteiger partial charge >= 0.3 is 0 Å². The Morgan fingerprint density at radius 3 is 2.46 bits per heavy atom. The van der Waals surface area contributed by atoms with Crippen LogP contribution in [0.5, 0.6) is 11.5 Å². The van der Waals surface area contributed by atoms with Crippen molar-refractivity contribution in [3.63, 3.8) is 0 Å². The van der Waals surface area contributed by atoms with E-state index in [0.29, 0.717) is 10.6 Å². The molecular formula is C18H13ClN2O3. The first-order valence-electron chi connectivity index (χ1n) is 7.08. The summed E-state index contributed by atoms with van der Waals surface area (Å²) < 4.78 is 0. The molecule has 6 heteroatoms. The van der Waals surface area contributed by atoms with E-state index >= 15 is 0 Å². The van der Waals surface area contributed by atoms with E-state index in [1.807, 2.05) is 24.3 Å². The molecule has 1 amide bonds. The number of nitrogens with zero attached hydrogens (tertiary/aromatic N) is 1. The van der Waals surface area contributed by atoms with Crippen molar-refractivity contribution >= 4 is 34.5 Å². The summed E-state index contributed by atoms with van der Waals surface area (Å²) in [6.07, 6.45) is 1.28. The van der Waals surface area contributed by atoms with Crippen molar-refractivity contribution in [3.05, 3.63) is 70.7 Å². The molecule has 3 aromatic carbocycles. The molecule has 3 rings (SSSR count). The second-order valence-electron chi connectivity index (χ2n) is 5.12. The number of aromatic hydroxyl groups is 2. The number of carbonyl (C=O) groups excluding carboxylic acids is 1. The molecule has 0 saturated carbocycles. The lowest BCUT2D eigenvalue weighted by Gasteiger charge is -2.06. The van der Waals surface area contributed by atoms with Gasteiger partial charge in [0.05, 0.1) is 11.8 Å². The van der Waals surface area contributed by atoms with Crippen LogP contribution in [-0.4, -0.2) is 22.3 Å². The number of benzene rings is 3. The summed E-state index contributed by atoms with van der Waals surface area (Å²) in [7, 11) is 0. The fourth-order valence-electron chi connectivity index (χ4n) is 2.26. The molecule has 0 spiro atoms. The van der Waals surface area contributed by atoms with Crippen LogP contribution in [0.25, 0.3) is 10.8 Å². The van der Waals surface area contributed by atoms with Crippen molar-refractivity contribution in [2.45, 2.75) is 0 Å². The largest absolute Gasteiger partial charge is 0.507 e. The van der Waals surface area contributed by atoms with Crippen molar-refractivity contribution in [2.75, 3.05) is 0 Å². The molecule has 5 nitrogen and oxygen atoms in total. The minimum absolute atomic E-state index is 0.00838. The summed E-state index contributed by atoms with van der Waals surface area (Å²) >= 11 is 5.84. The van der Waals surface area contributed by atoms with E-state index < -0.39 is 5.91 Å². The molecule has 0 saturated heterocycles. The maximum Gasteiger partial charge on any atom is 0.275 e. The first kappa shape index (κ1) is 15.8. The number of amides is 1. The predicted molar refractivity (Wildman–Crippen MR) is 93.8 cm³/mol. The lowest BCUT2D eigenvalue weighted by atomic mass is 10.1. The monoisotopic (exact) mass is 340 g/mol. The number of rotatable bonds is 3. The standard InChI is InChI=1S/C18H13ClN2O3/c19-14-5-6-16(22)13(7-14)10-20-21-18(24)15-8-11-3-1-2-4-12(11)9-17(15)23/h1-10,22-23H,(H,21,24)/b20-10+. The third kappa shape index (κ3) is 3.31. The molecule has 120 valence electrons. The maximum absolute atomic E-state index is 12.2. The van der Waals surface area contributed by atoms with Crippen molar-refractivity contribution < 1.29 is 15.0 Å². The fraction of sp³-hybridized carbons (Fsp3) is 0. The SMILES string of the molecule is O=C(N/N=C/c1cc(Cl)ccc1O)c1cc2ccccc2cc1O. The van der Waals surface area contributed by atoms with E-state index in [1.54, 1.807) is 12.1 Å². The van der Waals surface area contributed by atoms with Crippen molar-refractivity contribution in [3.8, 4) is 11.5 Å². The molecule has 0 atom stereocenters. The average Bonchev–Trinajstić information content (AvgIpc) is 2.57. The molecule has 0 fully saturated rings. The summed E-state index contributed by atoms with van der Waals surface area (Å²) in [5, 5.41) is 25.6. The third-order valence-electron chi connectivity index (χ3n) is 3.47. The van der Waals surface area contributed by atoms with E-state index in [-0.39, 0.29) is 17.1 Å². The minimum atomic E-state index is -0.559. The quantitative estimate of drug-likeness (QED) is 0.502. The Morgan fingerprint density at radius 1 is 1.00 bits per heavy atom. The minimum Gasteiger partial charge on any atom is -0.507 e. The van der Waals surface area contributed by atoms with Gasteiger partial charge in [0.15, 0.2) is 0 Å². The predicted octanol–water partition coefficient (Wildman–Crippen LogP) is 3.67. The van der Waals surface area contributed by atoms with Crippen LogP contribution in [0.15, 0.2) is 59.7 Å². The molecule has 0 aromatic heterocycles. The number of hydrogen-bond donors (Lipinski definition) is 3. The Balaban J connectivity index is 1.81. The zero-order valence-electron chi connectivity index (χ0n) is 12.4. The van der Waals surface area contributed by atoms with Gasteiger partial charge in [0.1, 0.15) is 11.5 Å². The molecule has 0 bridgehead atoms. The van der Waals surface area contributed by atoms with Gasteiger partial charge in [-0.25, -0.2) is 5.43 Å². The number of carbonyl (C=O) groups is 1. The molecule has 24 heavy (non-hydrogen) atoms. The van der Waals surface area contributed by atoms with Crippen LogP contribution in [0.3, 0.4) is 0 Å². The molecule has 0 aliphatic rings. The first-order valence-corrected chi connectivity index (χ1v) is 7.46. The van der Waals surface area contributed by atoms with E-state index in [9.17, 15) is 15.0 Å². The van der Waals surface area contributed by atoms with E-state index in [1.165, 1.54) is 24.4 Å². The smallest absolute Gasteiger partial charge is 0.275 e. The zero-order chi connectivity index (χ0) is 17.1. The fourth-order valence-corrected chi connectivity index (χ4v) is 2.44. The van der Waals surface area contributed by atoms with Gasteiger partial charge in [-0.3, -0.25) is 4.79 Å². The number of hydrogen-bond acceptors (Lipinski definition) is 4. The summed E-state index contributed by atoms with van der Waals surface area (Å²) in [4.78, 5) is 12.2. The zero-order valence-corrected chi connectivity index (χ0v) is 13.2. The van der Waals surface area contributed by atoms with Crippen molar-refractivity contribution in [1.82, 2.24) is 5.43 Å². The number of phenolic OH excluding ortho intramolecular Hbond substituents is 2. The summed E-state index contributed by atoms with van der Waals surface area (Å²) in [6, 6.07) is 15.0. The summed E-state index contributed by atoms with van der Waals surface area (Å²) in [5.74, 6) is -0.700. The van der Waals surface area contributed by atoms with Gasteiger partial charge in [-0.1, -0.05) is 35.9 Å². The van der Waals surface area contributed by atoms with Crippen LogP contribution in [0.2, 0.25) is 5.02 Å². The van der Waals surface area contributed by atoms with Gasteiger partial charge in [-0.15, -0.1) is 0 Å². The van der Waals surface area contributed by atoms with Gasteiger partial charge in [-0.2, -0.15) is 5.10 Å². The van der Waals surface area contributed by atoms with Crippen LogP contribution >= 0.6 is 11.6 Å². The molecule has 0 unspecified atom stereocenters. The second-order valence-corrected chi connectivity index (χ2v) is 5.56. The highest BCUT2D eigenvalue weighted by Gasteiger charge is 2.11. The van der Waals surface area contributed by atoms with Crippen molar-refractivity contribution in [2.24, 2.45) is 5.10 Å². The van der Waals surface area contributed by atoms with Gasteiger partial charge in [0.25, 0.3) is 5.91 Å². The van der Waals surface area contributed by atoms with Crippen LogP contribution in [0, 0.1) is 0 Å². The van der Waals surface area contributed by atoms with E-state index in [2.05, 4.69) is 10.5 Å². The van der Waals surface area contributed by atoms with Crippen LogP contribution in [0.4, 0.5) is 0 Å². The topological polar surface area (TPSA) is 81.9 Å². The number of fused-ring (bicyclic) bond motifs is 1. The molecular weight excluding hydrogens is 328 g/mol. The highest BCUT2D eigenvalue weighted by molar-refractivity contribution is 6.30. The second kappa shape index (κ2) is 6.60. The molecule has 3 N–H and O–H groups in total. The Morgan fingerprint density at radius 2 is 1.71 bits per heavy atom. The van der Waals surface area contributed by atoms with E-state index in [0.717, 1.165) is 10.8 Å². The Bertz CT molecular complexity index is 954. The van der Waals surface area contributed by atoms with Crippen LogP contribution in [0.1, 0.15) is 15.9 Å². The van der Waals surface area contributed by atoms with Gasteiger partial charge in [-0.05, 0) is 41.1 Å². The molecule has 3 aromatic rings. The van der Waals surface area contributed by atoms with Gasteiger partial charge in [0, 0.05) is 10.6 Å². The maximum atomic E-state index is 12.2. The third-order valence-corrected chi connectivity index (χ3v) is 3.70. The molecule has 0 radical (unpaired) electrons. The lowest BCUT2D eigenvalue weighted by Crippen LogP contribution is -2.17.